The molecule has 2 aromatic carbocycles. The van der Waals surface area contributed by atoms with E-state index in [1.807, 2.05) is 12.1 Å². The normalized spacial score (nSPS) is 12.4. The predicted molar refractivity (Wildman–Crippen MR) is 80.8 cm³/mol. The van der Waals surface area contributed by atoms with Gasteiger partial charge in [0.1, 0.15) is 0 Å². The van der Waals surface area contributed by atoms with Gasteiger partial charge in [-0.2, -0.15) is 0 Å². The third-order valence-electron chi connectivity index (χ3n) is 3.42. The average molecular weight is 254 g/mol. The van der Waals surface area contributed by atoms with Crippen molar-refractivity contribution in [2.75, 3.05) is 0 Å². The Labute approximate surface area is 115 Å². The zero-order valence-corrected chi connectivity index (χ0v) is 11.5. The van der Waals surface area contributed by atoms with Gasteiger partial charge in [0.2, 0.25) is 0 Å². The van der Waals surface area contributed by atoms with Gasteiger partial charge in [-0.3, -0.25) is 0 Å². The van der Waals surface area contributed by atoms with Crippen molar-refractivity contribution in [3.05, 3.63) is 70.8 Å². The molecule has 0 heterocycles. The van der Waals surface area contributed by atoms with Crippen molar-refractivity contribution < 1.29 is 0 Å². The fraction of sp³-hybridized carbons (Fsp3) is 0.294. The van der Waals surface area contributed by atoms with Crippen molar-refractivity contribution in [3.63, 3.8) is 0 Å². The van der Waals surface area contributed by atoms with Crippen LogP contribution in [0.2, 0.25) is 0 Å². The van der Waals surface area contributed by atoms with E-state index in [1.165, 1.54) is 12.0 Å². The van der Waals surface area contributed by atoms with Crippen molar-refractivity contribution in [3.8, 4) is 0 Å². The zero-order chi connectivity index (χ0) is 13.7. The van der Waals surface area contributed by atoms with Crippen LogP contribution in [0.15, 0.2) is 48.5 Å². The molecule has 0 radical (unpaired) electrons. The first kappa shape index (κ1) is 13.8. The molecule has 0 aliphatic carbocycles. The molecule has 0 fully saturated rings. The van der Waals surface area contributed by atoms with Gasteiger partial charge < -0.3 is 11.5 Å². The lowest BCUT2D eigenvalue weighted by Gasteiger charge is -2.14. The number of nitrogens with two attached hydrogens (primary N) is 2. The van der Waals surface area contributed by atoms with Crippen molar-refractivity contribution in [1.82, 2.24) is 0 Å². The molecule has 0 aromatic heterocycles. The van der Waals surface area contributed by atoms with Crippen LogP contribution in [0.25, 0.3) is 0 Å². The Hall–Kier alpha value is -1.64. The van der Waals surface area contributed by atoms with Crippen LogP contribution in [0.3, 0.4) is 0 Å². The van der Waals surface area contributed by atoms with Crippen LogP contribution in [0, 0.1) is 0 Å². The molecule has 0 bridgehead atoms. The van der Waals surface area contributed by atoms with E-state index in [-0.39, 0.29) is 6.04 Å². The van der Waals surface area contributed by atoms with Crippen LogP contribution in [0.5, 0.6) is 0 Å². The Morgan fingerprint density at radius 1 is 0.947 bits per heavy atom. The third-order valence-corrected chi connectivity index (χ3v) is 3.42. The Morgan fingerprint density at radius 3 is 2.32 bits per heavy atom. The molecule has 100 valence electrons. The molecular formula is C17H22N2. The van der Waals surface area contributed by atoms with Crippen LogP contribution >= 0.6 is 0 Å². The summed E-state index contributed by atoms with van der Waals surface area (Å²) in [5.41, 5.74) is 16.7. The number of hydrogen-bond donors (Lipinski definition) is 2. The number of rotatable bonds is 5. The first-order valence-electron chi connectivity index (χ1n) is 6.88. The fourth-order valence-electron chi connectivity index (χ4n) is 2.29. The lowest BCUT2D eigenvalue weighted by atomic mass is 9.96. The van der Waals surface area contributed by atoms with Gasteiger partial charge in [-0.1, -0.05) is 61.9 Å². The molecule has 4 N–H and O–H groups in total. The first-order chi connectivity index (χ1) is 9.24. The largest absolute Gasteiger partial charge is 0.326 e. The molecule has 0 spiro atoms. The van der Waals surface area contributed by atoms with Crippen LogP contribution in [-0.4, -0.2) is 0 Å². The second-order valence-corrected chi connectivity index (χ2v) is 4.92. The van der Waals surface area contributed by atoms with E-state index in [2.05, 4.69) is 43.3 Å². The quantitative estimate of drug-likeness (QED) is 0.861. The van der Waals surface area contributed by atoms with E-state index in [0.717, 1.165) is 23.1 Å². The molecule has 19 heavy (non-hydrogen) atoms. The summed E-state index contributed by atoms with van der Waals surface area (Å²) in [6.45, 7) is 2.74. The summed E-state index contributed by atoms with van der Waals surface area (Å²) in [5, 5.41) is 0. The summed E-state index contributed by atoms with van der Waals surface area (Å²) in [5.74, 6) is 0. The van der Waals surface area contributed by atoms with Crippen LogP contribution in [0.1, 0.15) is 41.6 Å². The molecule has 2 nitrogen and oxygen atoms in total. The van der Waals surface area contributed by atoms with Crippen molar-refractivity contribution in [2.45, 2.75) is 32.4 Å². The first-order valence-corrected chi connectivity index (χ1v) is 6.88. The van der Waals surface area contributed by atoms with E-state index < -0.39 is 0 Å². The molecule has 2 rings (SSSR count). The van der Waals surface area contributed by atoms with E-state index in [4.69, 9.17) is 11.5 Å². The van der Waals surface area contributed by atoms with E-state index in [1.54, 1.807) is 0 Å². The van der Waals surface area contributed by atoms with Crippen molar-refractivity contribution in [2.24, 2.45) is 11.5 Å². The maximum atomic E-state index is 6.32. The summed E-state index contributed by atoms with van der Waals surface area (Å²) >= 11 is 0. The average Bonchev–Trinajstić information content (AvgIpc) is 2.48. The van der Waals surface area contributed by atoms with Gasteiger partial charge in [0.15, 0.2) is 0 Å². The highest BCUT2D eigenvalue weighted by molar-refractivity contribution is 5.35. The lowest BCUT2D eigenvalue weighted by Crippen LogP contribution is -2.12. The second kappa shape index (κ2) is 6.50. The van der Waals surface area contributed by atoms with Crippen LogP contribution in [0.4, 0.5) is 0 Å². The van der Waals surface area contributed by atoms with Gasteiger partial charge in [0.05, 0.1) is 6.04 Å². The molecule has 1 atom stereocenters. The highest BCUT2D eigenvalue weighted by Crippen LogP contribution is 2.21. The summed E-state index contributed by atoms with van der Waals surface area (Å²) < 4.78 is 0. The Balaban J connectivity index is 2.20. The summed E-state index contributed by atoms with van der Waals surface area (Å²) in [4.78, 5) is 0. The number of aryl methyl sites for hydroxylation is 1. The second-order valence-electron chi connectivity index (χ2n) is 4.92. The van der Waals surface area contributed by atoms with Gasteiger partial charge in [-0.05, 0) is 28.7 Å². The Bertz CT molecular complexity index is 517. The lowest BCUT2D eigenvalue weighted by molar-refractivity contribution is 0.860. The molecule has 1 unspecified atom stereocenters. The summed E-state index contributed by atoms with van der Waals surface area (Å²) in [6.07, 6.45) is 2.29. The van der Waals surface area contributed by atoms with Gasteiger partial charge in [0, 0.05) is 6.54 Å². The number of hydrogen-bond acceptors (Lipinski definition) is 2. The van der Waals surface area contributed by atoms with Crippen molar-refractivity contribution >= 4 is 0 Å². The van der Waals surface area contributed by atoms with Crippen LogP contribution < -0.4 is 11.5 Å². The number of benzene rings is 2. The maximum Gasteiger partial charge on any atom is 0.0551 e. The maximum absolute atomic E-state index is 6.32. The SMILES string of the molecule is CCCc1ccc(C(N)c2cccc(CN)c2)cc1. The van der Waals surface area contributed by atoms with Gasteiger partial charge in [-0.15, -0.1) is 0 Å². The highest BCUT2D eigenvalue weighted by Gasteiger charge is 2.09. The Morgan fingerprint density at radius 2 is 1.68 bits per heavy atom. The monoisotopic (exact) mass is 254 g/mol. The minimum atomic E-state index is -0.0813. The smallest absolute Gasteiger partial charge is 0.0551 e. The minimum absolute atomic E-state index is 0.0813. The van der Waals surface area contributed by atoms with Gasteiger partial charge in [0.25, 0.3) is 0 Å². The molecule has 0 saturated carbocycles. The summed E-state index contributed by atoms with van der Waals surface area (Å²) in [7, 11) is 0. The van der Waals surface area contributed by atoms with E-state index in [9.17, 15) is 0 Å². The highest BCUT2D eigenvalue weighted by atomic mass is 14.6. The molecule has 2 heteroatoms. The molecule has 2 aromatic rings. The van der Waals surface area contributed by atoms with Gasteiger partial charge >= 0.3 is 0 Å². The zero-order valence-electron chi connectivity index (χ0n) is 11.5. The minimum Gasteiger partial charge on any atom is -0.326 e. The fourth-order valence-corrected chi connectivity index (χ4v) is 2.29. The van der Waals surface area contributed by atoms with Gasteiger partial charge in [-0.25, -0.2) is 0 Å². The van der Waals surface area contributed by atoms with E-state index in [0.29, 0.717) is 6.54 Å². The van der Waals surface area contributed by atoms with E-state index >= 15 is 0 Å². The molecular weight excluding hydrogens is 232 g/mol. The van der Waals surface area contributed by atoms with Crippen LogP contribution in [-0.2, 0) is 13.0 Å². The molecule has 0 amide bonds. The summed E-state index contributed by atoms with van der Waals surface area (Å²) in [6, 6.07) is 16.7. The topological polar surface area (TPSA) is 52.0 Å². The molecule has 0 saturated heterocycles. The standard InChI is InChI=1S/C17H22N2/c1-2-4-13-7-9-15(10-8-13)17(19)16-6-3-5-14(11-16)12-18/h3,5-11,17H,2,4,12,18-19H2,1H3. The third kappa shape index (κ3) is 3.43. The molecule has 0 aliphatic heterocycles. The predicted octanol–water partition coefficient (Wildman–Crippen LogP) is 3.15. The Kier molecular flexibility index (Phi) is 4.72. The molecule has 0 aliphatic rings. The van der Waals surface area contributed by atoms with Crippen molar-refractivity contribution in [1.29, 1.82) is 0 Å².